The summed E-state index contributed by atoms with van der Waals surface area (Å²) in [5, 5.41) is 5.35. The molecule has 0 bridgehead atoms. The van der Waals surface area contributed by atoms with Crippen LogP contribution in [-0.2, 0) is 4.79 Å². The van der Waals surface area contributed by atoms with Gasteiger partial charge in [-0.3, -0.25) is 4.79 Å². The third-order valence-corrected chi connectivity index (χ3v) is 3.18. The molecule has 0 saturated carbocycles. The molecule has 1 amide bonds. The maximum atomic E-state index is 11.7. The van der Waals surface area contributed by atoms with Crippen LogP contribution in [0.2, 0.25) is 0 Å². The fourth-order valence-corrected chi connectivity index (χ4v) is 2.22. The molecule has 0 aromatic carbocycles. The third-order valence-electron chi connectivity index (χ3n) is 2.30. The predicted octanol–water partition coefficient (Wildman–Crippen LogP) is 1.29. The van der Waals surface area contributed by atoms with Crippen molar-refractivity contribution in [3.05, 3.63) is 23.2 Å². The highest BCUT2D eigenvalue weighted by atomic mass is 32.1. The van der Waals surface area contributed by atoms with Crippen LogP contribution in [0.1, 0.15) is 12.1 Å². The molecule has 3 N–H and O–H groups in total. The molecule has 4 nitrogen and oxygen atoms in total. The molecule has 15 heavy (non-hydrogen) atoms. The van der Waals surface area contributed by atoms with E-state index in [9.17, 15) is 4.79 Å². The summed E-state index contributed by atoms with van der Waals surface area (Å²) in [5.74, 6) is -0.127. The SMILES string of the molecule is Cc1csc(NC(=O)C2C=CC(N)C2)n1. The van der Waals surface area contributed by atoms with Gasteiger partial charge < -0.3 is 11.1 Å². The lowest BCUT2D eigenvalue weighted by molar-refractivity contribution is -0.118. The van der Waals surface area contributed by atoms with Gasteiger partial charge in [0.05, 0.1) is 11.6 Å². The predicted molar refractivity (Wildman–Crippen MR) is 60.7 cm³/mol. The molecule has 2 unspecified atom stereocenters. The molecular formula is C10H13N3OS. The standard InChI is InChI=1S/C10H13N3OS/c1-6-5-15-10(12-6)13-9(14)7-2-3-8(11)4-7/h2-3,5,7-8H,4,11H2,1H3,(H,12,13,14). The number of amides is 1. The van der Waals surface area contributed by atoms with E-state index in [1.165, 1.54) is 11.3 Å². The highest BCUT2D eigenvalue weighted by molar-refractivity contribution is 7.13. The van der Waals surface area contributed by atoms with Gasteiger partial charge in [0, 0.05) is 11.4 Å². The first kappa shape index (κ1) is 10.3. The Morgan fingerprint density at radius 1 is 1.67 bits per heavy atom. The monoisotopic (exact) mass is 223 g/mol. The number of aryl methyl sites for hydroxylation is 1. The second-order valence-electron chi connectivity index (χ2n) is 3.67. The number of nitrogens with two attached hydrogens (primary N) is 1. The Bertz CT molecular complexity index is 399. The number of carbonyl (C=O) groups is 1. The van der Waals surface area contributed by atoms with Crippen LogP contribution in [0.5, 0.6) is 0 Å². The number of hydrogen-bond acceptors (Lipinski definition) is 4. The van der Waals surface area contributed by atoms with Crippen molar-refractivity contribution in [2.45, 2.75) is 19.4 Å². The van der Waals surface area contributed by atoms with Gasteiger partial charge in [0.2, 0.25) is 5.91 Å². The number of rotatable bonds is 2. The van der Waals surface area contributed by atoms with Crippen molar-refractivity contribution >= 4 is 22.4 Å². The number of nitrogens with zero attached hydrogens (tertiary/aromatic N) is 1. The first-order valence-electron chi connectivity index (χ1n) is 4.82. The van der Waals surface area contributed by atoms with Crippen LogP contribution < -0.4 is 11.1 Å². The van der Waals surface area contributed by atoms with Crippen LogP contribution in [0.3, 0.4) is 0 Å². The Balaban J connectivity index is 1.96. The van der Waals surface area contributed by atoms with Gasteiger partial charge in [-0.05, 0) is 13.3 Å². The lowest BCUT2D eigenvalue weighted by Gasteiger charge is -2.07. The van der Waals surface area contributed by atoms with Crippen molar-refractivity contribution < 1.29 is 4.79 Å². The fraction of sp³-hybridized carbons (Fsp3) is 0.400. The summed E-state index contributed by atoms with van der Waals surface area (Å²) in [6.45, 7) is 1.90. The van der Waals surface area contributed by atoms with E-state index in [-0.39, 0.29) is 17.9 Å². The topological polar surface area (TPSA) is 68.0 Å². The Labute approximate surface area is 92.2 Å². The van der Waals surface area contributed by atoms with E-state index < -0.39 is 0 Å². The maximum Gasteiger partial charge on any atom is 0.233 e. The Kier molecular flexibility index (Phi) is 2.83. The van der Waals surface area contributed by atoms with Crippen LogP contribution >= 0.6 is 11.3 Å². The number of anilines is 1. The molecule has 0 saturated heterocycles. The second-order valence-corrected chi connectivity index (χ2v) is 4.53. The zero-order valence-corrected chi connectivity index (χ0v) is 9.25. The van der Waals surface area contributed by atoms with Crippen LogP contribution in [0, 0.1) is 12.8 Å². The summed E-state index contributed by atoms with van der Waals surface area (Å²) in [6.07, 6.45) is 4.42. The lowest BCUT2D eigenvalue weighted by atomic mass is 10.1. The average molecular weight is 223 g/mol. The van der Waals surface area contributed by atoms with Gasteiger partial charge in [-0.1, -0.05) is 12.2 Å². The molecule has 1 aliphatic carbocycles. The molecule has 1 heterocycles. The molecule has 1 aliphatic rings. The summed E-state index contributed by atoms with van der Waals surface area (Å²) < 4.78 is 0. The molecular weight excluding hydrogens is 210 g/mol. The minimum Gasteiger partial charge on any atom is -0.324 e. The van der Waals surface area contributed by atoms with E-state index in [1.807, 2.05) is 24.5 Å². The zero-order valence-electron chi connectivity index (χ0n) is 8.43. The summed E-state index contributed by atoms with van der Waals surface area (Å²) in [6, 6.07) is 0.0128. The van der Waals surface area contributed by atoms with E-state index in [2.05, 4.69) is 10.3 Å². The molecule has 80 valence electrons. The first-order valence-corrected chi connectivity index (χ1v) is 5.70. The van der Waals surface area contributed by atoms with Gasteiger partial charge in [0.15, 0.2) is 5.13 Å². The minimum atomic E-state index is -0.107. The second kappa shape index (κ2) is 4.12. The van der Waals surface area contributed by atoms with Crippen molar-refractivity contribution in [1.82, 2.24) is 4.98 Å². The molecule has 0 aliphatic heterocycles. The highest BCUT2D eigenvalue weighted by Gasteiger charge is 2.23. The quantitative estimate of drug-likeness (QED) is 0.742. The van der Waals surface area contributed by atoms with E-state index in [1.54, 1.807) is 0 Å². The smallest absolute Gasteiger partial charge is 0.233 e. The molecule has 1 aromatic rings. The Morgan fingerprint density at radius 2 is 2.47 bits per heavy atom. The Morgan fingerprint density at radius 3 is 3.00 bits per heavy atom. The van der Waals surface area contributed by atoms with Crippen LogP contribution in [0.4, 0.5) is 5.13 Å². The third kappa shape index (κ3) is 2.43. The molecule has 2 rings (SSSR count). The first-order chi connectivity index (χ1) is 7.15. The minimum absolute atomic E-state index is 0.0128. The zero-order chi connectivity index (χ0) is 10.8. The molecule has 1 aromatic heterocycles. The van der Waals surface area contributed by atoms with Gasteiger partial charge in [0.1, 0.15) is 0 Å². The fourth-order valence-electron chi connectivity index (χ4n) is 1.53. The van der Waals surface area contributed by atoms with Crippen LogP contribution in [0.25, 0.3) is 0 Å². The van der Waals surface area contributed by atoms with E-state index in [0.717, 1.165) is 5.69 Å². The Hall–Kier alpha value is -1.20. The van der Waals surface area contributed by atoms with Crippen molar-refractivity contribution in [2.75, 3.05) is 5.32 Å². The van der Waals surface area contributed by atoms with Gasteiger partial charge >= 0.3 is 0 Å². The van der Waals surface area contributed by atoms with Crippen molar-refractivity contribution in [3.8, 4) is 0 Å². The highest BCUT2D eigenvalue weighted by Crippen LogP contribution is 2.20. The summed E-state index contributed by atoms with van der Waals surface area (Å²) >= 11 is 1.44. The average Bonchev–Trinajstić information content (AvgIpc) is 2.75. The van der Waals surface area contributed by atoms with Crippen LogP contribution in [0.15, 0.2) is 17.5 Å². The van der Waals surface area contributed by atoms with Crippen LogP contribution in [-0.4, -0.2) is 16.9 Å². The number of carbonyl (C=O) groups excluding carboxylic acids is 1. The largest absolute Gasteiger partial charge is 0.324 e. The van der Waals surface area contributed by atoms with Crippen molar-refractivity contribution in [3.63, 3.8) is 0 Å². The van der Waals surface area contributed by atoms with Crippen molar-refractivity contribution in [1.29, 1.82) is 0 Å². The van der Waals surface area contributed by atoms with Gasteiger partial charge in [-0.2, -0.15) is 0 Å². The molecule has 0 radical (unpaired) electrons. The van der Waals surface area contributed by atoms with E-state index in [0.29, 0.717) is 11.6 Å². The number of thiazole rings is 1. The maximum absolute atomic E-state index is 11.7. The lowest BCUT2D eigenvalue weighted by Crippen LogP contribution is -2.23. The van der Waals surface area contributed by atoms with Crippen molar-refractivity contribution in [2.24, 2.45) is 11.7 Å². The molecule has 0 spiro atoms. The van der Waals surface area contributed by atoms with Gasteiger partial charge in [-0.15, -0.1) is 11.3 Å². The summed E-state index contributed by atoms with van der Waals surface area (Å²) in [7, 11) is 0. The van der Waals surface area contributed by atoms with Gasteiger partial charge in [0.25, 0.3) is 0 Å². The number of aromatic nitrogens is 1. The molecule has 2 atom stereocenters. The summed E-state index contributed by atoms with van der Waals surface area (Å²) in [4.78, 5) is 15.9. The number of hydrogen-bond donors (Lipinski definition) is 2. The normalized spacial score (nSPS) is 24.4. The van der Waals surface area contributed by atoms with Gasteiger partial charge in [-0.25, -0.2) is 4.98 Å². The van der Waals surface area contributed by atoms with E-state index >= 15 is 0 Å². The molecule has 0 fully saturated rings. The molecule has 5 heteroatoms. The van der Waals surface area contributed by atoms with E-state index in [4.69, 9.17) is 5.73 Å². The summed E-state index contributed by atoms with van der Waals surface area (Å²) in [5.41, 5.74) is 6.61. The number of nitrogens with one attached hydrogen (secondary N) is 1.